The molecule has 0 aliphatic carbocycles. The zero-order chi connectivity index (χ0) is 19.1. The Morgan fingerprint density at radius 2 is 1.81 bits per heavy atom. The van der Waals surface area contributed by atoms with E-state index in [0.29, 0.717) is 13.1 Å². The summed E-state index contributed by atoms with van der Waals surface area (Å²) in [6.07, 6.45) is 4.29. The van der Waals surface area contributed by atoms with Crippen molar-refractivity contribution in [3.05, 3.63) is 70.1 Å². The van der Waals surface area contributed by atoms with Crippen LogP contribution in [0.2, 0.25) is 0 Å². The molecule has 0 atom stereocenters. The Labute approximate surface area is 161 Å². The lowest BCUT2D eigenvalue weighted by molar-refractivity contribution is 0.273. The summed E-state index contributed by atoms with van der Waals surface area (Å²) < 4.78 is 1.72. The molecule has 0 spiro atoms. The number of benzene rings is 1. The van der Waals surface area contributed by atoms with Crippen LogP contribution in [0.15, 0.2) is 58.4 Å². The molecule has 27 heavy (non-hydrogen) atoms. The number of pyridine rings is 1. The van der Waals surface area contributed by atoms with Crippen molar-refractivity contribution < 1.29 is 0 Å². The molecule has 1 saturated heterocycles. The van der Waals surface area contributed by atoms with Gasteiger partial charge in [0.15, 0.2) is 5.96 Å². The molecule has 0 unspecified atom stereocenters. The van der Waals surface area contributed by atoms with Crippen molar-refractivity contribution in [2.45, 2.75) is 39.8 Å². The van der Waals surface area contributed by atoms with E-state index in [2.05, 4.69) is 48.3 Å². The number of piperidine rings is 1. The first-order valence-electron chi connectivity index (χ1n) is 9.92. The number of likely N-dealkylation sites (tertiary alicyclic amines) is 1. The van der Waals surface area contributed by atoms with Crippen LogP contribution in [0, 0.1) is 5.92 Å². The third kappa shape index (κ3) is 5.46. The molecule has 1 aromatic heterocycles. The van der Waals surface area contributed by atoms with E-state index in [1.807, 2.05) is 12.3 Å². The fourth-order valence-electron chi connectivity index (χ4n) is 3.35. The van der Waals surface area contributed by atoms with Gasteiger partial charge in [0, 0.05) is 31.9 Å². The van der Waals surface area contributed by atoms with Gasteiger partial charge in [0.1, 0.15) is 0 Å². The lowest BCUT2D eigenvalue weighted by Gasteiger charge is -2.33. The van der Waals surface area contributed by atoms with Gasteiger partial charge in [0.05, 0.1) is 13.1 Å². The van der Waals surface area contributed by atoms with Crippen molar-refractivity contribution in [3.63, 3.8) is 0 Å². The summed E-state index contributed by atoms with van der Waals surface area (Å²) in [7, 11) is 0. The number of aromatic nitrogens is 1. The minimum absolute atomic E-state index is 0.0253. The first-order chi connectivity index (χ1) is 13.2. The molecule has 0 amide bonds. The third-order valence-corrected chi connectivity index (χ3v) is 5.10. The summed E-state index contributed by atoms with van der Waals surface area (Å²) in [5, 5.41) is 3.43. The van der Waals surface area contributed by atoms with Crippen LogP contribution in [-0.4, -0.2) is 35.1 Å². The number of hydrogen-bond donors (Lipinski definition) is 1. The van der Waals surface area contributed by atoms with Gasteiger partial charge in [0.2, 0.25) is 0 Å². The van der Waals surface area contributed by atoms with E-state index in [4.69, 9.17) is 4.99 Å². The molecular weight excluding hydrogens is 336 g/mol. The predicted molar refractivity (Wildman–Crippen MR) is 111 cm³/mol. The first kappa shape index (κ1) is 19.2. The monoisotopic (exact) mass is 366 g/mol. The lowest BCUT2D eigenvalue weighted by Crippen LogP contribution is -2.45. The SMILES string of the molecule is CCNC(=NCc1ccc(Cn2ccccc2=O)cc1)N1CCC(C)CC1. The maximum absolute atomic E-state index is 11.8. The van der Waals surface area contributed by atoms with Crippen LogP contribution in [0.4, 0.5) is 0 Å². The number of nitrogens with one attached hydrogen (secondary N) is 1. The van der Waals surface area contributed by atoms with Crippen LogP contribution in [-0.2, 0) is 13.1 Å². The van der Waals surface area contributed by atoms with E-state index in [1.165, 1.54) is 18.4 Å². The molecular formula is C22H30N4O. The molecule has 1 aliphatic rings. The maximum Gasteiger partial charge on any atom is 0.250 e. The summed E-state index contributed by atoms with van der Waals surface area (Å²) >= 11 is 0. The van der Waals surface area contributed by atoms with Gasteiger partial charge in [-0.05, 0) is 42.9 Å². The fourth-order valence-corrected chi connectivity index (χ4v) is 3.35. The summed E-state index contributed by atoms with van der Waals surface area (Å²) in [6, 6.07) is 13.6. The number of hydrogen-bond acceptors (Lipinski definition) is 2. The van der Waals surface area contributed by atoms with Crippen LogP contribution in [0.3, 0.4) is 0 Å². The summed E-state index contributed by atoms with van der Waals surface area (Å²) in [5.41, 5.74) is 2.32. The number of nitrogens with zero attached hydrogens (tertiary/aromatic N) is 3. The highest BCUT2D eigenvalue weighted by molar-refractivity contribution is 5.80. The Hall–Kier alpha value is -2.56. The van der Waals surface area contributed by atoms with Crippen LogP contribution in [0.5, 0.6) is 0 Å². The lowest BCUT2D eigenvalue weighted by atomic mass is 10.00. The molecule has 2 heterocycles. The van der Waals surface area contributed by atoms with Gasteiger partial charge >= 0.3 is 0 Å². The Morgan fingerprint density at radius 3 is 2.48 bits per heavy atom. The Kier molecular flexibility index (Phi) is 6.69. The van der Waals surface area contributed by atoms with E-state index in [-0.39, 0.29) is 5.56 Å². The molecule has 3 rings (SSSR count). The number of guanidine groups is 1. The zero-order valence-electron chi connectivity index (χ0n) is 16.4. The first-order valence-corrected chi connectivity index (χ1v) is 9.92. The molecule has 1 aromatic carbocycles. The van der Waals surface area contributed by atoms with Gasteiger partial charge in [-0.2, -0.15) is 0 Å². The predicted octanol–water partition coefficient (Wildman–Crippen LogP) is 3.09. The summed E-state index contributed by atoms with van der Waals surface area (Å²) in [4.78, 5) is 19.0. The third-order valence-electron chi connectivity index (χ3n) is 5.10. The Morgan fingerprint density at radius 1 is 1.11 bits per heavy atom. The zero-order valence-corrected chi connectivity index (χ0v) is 16.4. The molecule has 1 aliphatic heterocycles. The number of rotatable bonds is 5. The van der Waals surface area contributed by atoms with E-state index < -0.39 is 0 Å². The second-order valence-electron chi connectivity index (χ2n) is 7.32. The van der Waals surface area contributed by atoms with Crippen molar-refractivity contribution in [2.75, 3.05) is 19.6 Å². The standard InChI is InChI=1S/C22H30N4O/c1-3-23-22(25-14-11-18(2)12-15-25)24-16-19-7-9-20(10-8-19)17-26-13-5-4-6-21(26)27/h4-10,13,18H,3,11-12,14-17H2,1-2H3,(H,23,24). The highest BCUT2D eigenvalue weighted by atomic mass is 16.1. The average molecular weight is 367 g/mol. The summed E-state index contributed by atoms with van der Waals surface area (Å²) in [6.45, 7) is 8.75. The maximum atomic E-state index is 11.8. The van der Waals surface area contributed by atoms with E-state index in [1.54, 1.807) is 16.7 Å². The minimum atomic E-state index is 0.0253. The van der Waals surface area contributed by atoms with E-state index in [9.17, 15) is 4.79 Å². The molecule has 5 heteroatoms. The molecule has 0 bridgehead atoms. The van der Waals surface area contributed by atoms with Crippen LogP contribution < -0.4 is 10.9 Å². The second-order valence-corrected chi connectivity index (χ2v) is 7.32. The van der Waals surface area contributed by atoms with Crippen molar-refractivity contribution in [2.24, 2.45) is 10.9 Å². The topological polar surface area (TPSA) is 49.6 Å². The van der Waals surface area contributed by atoms with Gasteiger partial charge < -0.3 is 14.8 Å². The van der Waals surface area contributed by atoms with Gasteiger partial charge in [-0.1, -0.05) is 37.3 Å². The van der Waals surface area contributed by atoms with Gasteiger partial charge in [-0.15, -0.1) is 0 Å². The quantitative estimate of drug-likeness (QED) is 0.653. The van der Waals surface area contributed by atoms with E-state index >= 15 is 0 Å². The second kappa shape index (κ2) is 9.40. The van der Waals surface area contributed by atoms with Crippen LogP contribution >= 0.6 is 0 Å². The number of aliphatic imine (C=N–C) groups is 1. The Bertz CT molecular complexity index is 802. The van der Waals surface area contributed by atoms with Gasteiger partial charge in [-0.3, -0.25) is 4.79 Å². The average Bonchev–Trinajstić information content (AvgIpc) is 2.69. The van der Waals surface area contributed by atoms with Gasteiger partial charge in [0.25, 0.3) is 5.56 Å². The smallest absolute Gasteiger partial charge is 0.250 e. The highest BCUT2D eigenvalue weighted by Gasteiger charge is 2.18. The molecule has 1 N–H and O–H groups in total. The molecule has 0 saturated carbocycles. The molecule has 144 valence electrons. The van der Waals surface area contributed by atoms with Crippen LogP contribution in [0.25, 0.3) is 0 Å². The fraction of sp³-hybridized carbons (Fsp3) is 0.455. The Balaban J connectivity index is 1.63. The summed E-state index contributed by atoms with van der Waals surface area (Å²) in [5.74, 6) is 1.83. The van der Waals surface area contributed by atoms with Crippen LogP contribution in [0.1, 0.15) is 37.8 Å². The molecule has 5 nitrogen and oxygen atoms in total. The van der Waals surface area contributed by atoms with Crippen molar-refractivity contribution in [1.29, 1.82) is 0 Å². The van der Waals surface area contributed by atoms with Crippen molar-refractivity contribution in [3.8, 4) is 0 Å². The largest absolute Gasteiger partial charge is 0.357 e. The van der Waals surface area contributed by atoms with Crippen molar-refractivity contribution >= 4 is 5.96 Å². The normalized spacial score (nSPS) is 15.8. The van der Waals surface area contributed by atoms with E-state index in [0.717, 1.165) is 37.1 Å². The highest BCUT2D eigenvalue weighted by Crippen LogP contribution is 2.16. The van der Waals surface area contributed by atoms with Crippen molar-refractivity contribution in [1.82, 2.24) is 14.8 Å². The minimum Gasteiger partial charge on any atom is -0.357 e. The molecule has 1 fully saturated rings. The molecule has 2 aromatic rings. The van der Waals surface area contributed by atoms with Gasteiger partial charge in [-0.25, -0.2) is 4.99 Å². The molecule has 0 radical (unpaired) electrons.